The molecule has 0 heterocycles. The standard InChI is InChI=1S/C14H23N3O2/c1-4-9-19-12-8-6-7-11(14(12)15)17(3)10-13(18)16-5-2/h6-8H,4-5,9-10,15H2,1-3H3,(H,16,18). The van der Waals surface area contributed by atoms with Crippen LogP contribution in [0.25, 0.3) is 0 Å². The number of hydrogen-bond acceptors (Lipinski definition) is 4. The molecule has 1 rings (SSSR count). The molecule has 0 bridgehead atoms. The third-order valence-electron chi connectivity index (χ3n) is 2.67. The number of nitrogens with two attached hydrogens (primary N) is 1. The number of likely N-dealkylation sites (N-methyl/N-ethyl adjacent to an activating group) is 2. The lowest BCUT2D eigenvalue weighted by Gasteiger charge is -2.21. The van der Waals surface area contributed by atoms with E-state index in [2.05, 4.69) is 5.32 Å². The predicted molar refractivity (Wildman–Crippen MR) is 78.6 cm³/mol. The second-order valence-corrected chi connectivity index (χ2v) is 4.35. The fraction of sp³-hybridized carbons (Fsp3) is 0.500. The molecule has 0 aliphatic carbocycles. The lowest BCUT2D eigenvalue weighted by atomic mass is 10.2. The van der Waals surface area contributed by atoms with Crippen LogP contribution in [0.3, 0.4) is 0 Å². The van der Waals surface area contributed by atoms with E-state index >= 15 is 0 Å². The second-order valence-electron chi connectivity index (χ2n) is 4.35. The van der Waals surface area contributed by atoms with Crippen molar-refractivity contribution in [3.05, 3.63) is 18.2 Å². The maximum Gasteiger partial charge on any atom is 0.239 e. The number of rotatable bonds is 7. The van der Waals surface area contributed by atoms with Crippen molar-refractivity contribution >= 4 is 17.3 Å². The average Bonchev–Trinajstić information content (AvgIpc) is 2.37. The SMILES string of the molecule is CCCOc1cccc(N(C)CC(=O)NCC)c1N. The minimum Gasteiger partial charge on any atom is -0.491 e. The molecule has 5 heteroatoms. The Balaban J connectivity index is 2.79. The molecule has 0 saturated carbocycles. The topological polar surface area (TPSA) is 67.6 Å². The van der Waals surface area contributed by atoms with Crippen molar-refractivity contribution in [3.63, 3.8) is 0 Å². The van der Waals surface area contributed by atoms with Crippen LogP contribution in [0.4, 0.5) is 11.4 Å². The van der Waals surface area contributed by atoms with Crippen LogP contribution in [0.2, 0.25) is 0 Å². The Bertz CT molecular complexity index is 421. The number of carbonyl (C=O) groups is 1. The van der Waals surface area contributed by atoms with E-state index in [1.54, 1.807) is 0 Å². The number of nitrogens with one attached hydrogen (secondary N) is 1. The van der Waals surface area contributed by atoms with Crippen LogP contribution in [0.1, 0.15) is 20.3 Å². The second kappa shape index (κ2) is 7.51. The summed E-state index contributed by atoms with van der Waals surface area (Å²) in [6.45, 7) is 5.47. The van der Waals surface area contributed by atoms with E-state index in [0.29, 0.717) is 24.6 Å². The van der Waals surface area contributed by atoms with Gasteiger partial charge in [-0.1, -0.05) is 13.0 Å². The molecular formula is C14H23N3O2. The van der Waals surface area contributed by atoms with Crippen LogP contribution in [-0.2, 0) is 4.79 Å². The summed E-state index contributed by atoms with van der Waals surface area (Å²) >= 11 is 0. The van der Waals surface area contributed by atoms with Gasteiger partial charge in [-0.15, -0.1) is 0 Å². The fourth-order valence-corrected chi connectivity index (χ4v) is 1.76. The fourth-order valence-electron chi connectivity index (χ4n) is 1.76. The van der Waals surface area contributed by atoms with Crippen molar-refractivity contribution in [2.75, 3.05) is 37.4 Å². The van der Waals surface area contributed by atoms with Gasteiger partial charge in [-0.3, -0.25) is 4.79 Å². The first-order valence-corrected chi connectivity index (χ1v) is 6.59. The van der Waals surface area contributed by atoms with Gasteiger partial charge in [-0.05, 0) is 25.5 Å². The van der Waals surface area contributed by atoms with Gasteiger partial charge in [0.05, 0.1) is 24.5 Å². The smallest absolute Gasteiger partial charge is 0.239 e. The van der Waals surface area contributed by atoms with Crippen LogP contribution in [0.15, 0.2) is 18.2 Å². The maximum absolute atomic E-state index is 11.6. The number of hydrogen-bond donors (Lipinski definition) is 2. The Morgan fingerprint density at radius 3 is 2.79 bits per heavy atom. The normalized spacial score (nSPS) is 10.1. The molecule has 0 radical (unpaired) electrons. The molecule has 106 valence electrons. The zero-order valence-corrected chi connectivity index (χ0v) is 11.9. The molecule has 5 nitrogen and oxygen atoms in total. The van der Waals surface area contributed by atoms with Gasteiger partial charge >= 0.3 is 0 Å². The highest BCUT2D eigenvalue weighted by Gasteiger charge is 2.12. The number of ether oxygens (including phenoxy) is 1. The number of nitrogens with zero attached hydrogens (tertiary/aromatic N) is 1. The van der Waals surface area contributed by atoms with Crippen LogP contribution in [0.5, 0.6) is 5.75 Å². The lowest BCUT2D eigenvalue weighted by Crippen LogP contribution is -2.35. The largest absolute Gasteiger partial charge is 0.491 e. The number of anilines is 2. The van der Waals surface area contributed by atoms with Crippen LogP contribution >= 0.6 is 0 Å². The minimum absolute atomic E-state index is 0.0238. The van der Waals surface area contributed by atoms with E-state index in [4.69, 9.17) is 10.5 Å². The molecule has 3 N–H and O–H groups in total. The first-order chi connectivity index (χ1) is 9.10. The monoisotopic (exact) mass is 265 g/mol. The van der Waals surface area contributed by atoms with Crippen LogP contribution in [-0.4, -0.2) is 32.7 Å². The van der Waals surface area contributed by atoms with Gasteiger partial charge in [-0.2, -0.15) is 0 Å². The van der Waals surface area contributed by atoms with Crippen molar-refractivity contribution in [2.45, 2.75) is 20.3 Å². The summed E-state index contributed by atoms with van der Waals surface area (Å²) in [6.07, 6.45) is 0.929. The average molecular weight is 265 g/mol. The first kappa shape index (κ1) is 15.1. The van der Waals surface area contributed by atoms with Gasteiger partial charge in [0.2, 0.25) is 5.91 Å². The van der Waals surface area contributed by atoms with Crippen LogP contribution in [0, 0.1) is 0 Å². The quantitative estimate of drug-likeness (QED) is 0.735. The Kier molecular flexibility index (Phi) is 5.99. The third-order valence-corrected chi connectivity index (χ3v) is 2.67. The summed E-state index contributed by atoms with van der Waals surface area (Å²) in [7, 11) is 1.84. The van der Waals surface area contributed by atoms with E-state index in [9.17, 15) is 4.79 Å². The molecule has 0 spiro atoms. The lowest BCUT2D eigenvalue weighted by molar-refractivity contribution is -0.119. The molecule has 1 amide bonds. The molecule has 1 aromatic rings. The molecule has 1 aromatic carbocycles. The van der Waals surface area contributed by atoms with Gasteiger partial charge < -0.3 is 20.7 Å². The molecule has 0 aromatic heterocycles. The summed E-state index contributed by atoms with van der Waals surface area (Å²) in [5.41, 5.74) is 7.45. The minimum atomic E-state index is -0.0238. The Morgan fingerprint density at radius 2 is 2.16 bits per heavy atom. The molecule has 0 aliphatic rings. The highest BCUT2D eigenvalue weighted by molar-refractivity contribution is 5.83. The number of benzene rings is 1. The van der Waals surface area contributed by atoms with E-state index in [0.717, 1.165) is 12.1 Å². The molecule has 0 unspecified atom stereocenters. The highest BCUT2D eigenvalue weighted by Crippen LogP contribution is 2.31. The van der Waals surface area contributed by atoms with Crippen molar-refractivity contribution in [1.29, 1.82) is 0 Å². The molecule has 19 heavy (non-hydrogen) atoms. The van der Waals surface area contributed by atoms with Gasteiger partial charge in [0.25, 0.3) is 0 Å². The molecule has 0 fully saturated rings. The van der Waals surface area contributed by atoms with Crippen LogP contribution < -0.4 is 20.7 Å². The summed E-state index contributed by atoms with van der Waals surface area (Å²) in [5.74, 6) is 0.645. The van der Waals surface area contributed by atoms with Crippen molar-refractivity contribution in [3.8, 4) is 5.75 Å². The van der Waals surface area contributed by atoms with Gasteiger partial charge in [0, 0.05) is 13.6 Å². The maximum atomic E-state index is 11.6. The summed E-state index contributed by atoms with van der Waals surface area (Å²) in [6, 6.07) is 5.60. The zero-order valence-electron chi connectivity index (χ0n) is 11.9. The van der Waals surface area contributed by atoms with E-state index in [-0.39, 0.29) is 12.5 Å². The zero-order chi connectivity index (χ0) is 14.3. The number of carbonyl (C=O) groups excluding carboxylic acids is 1. The molecule has 0 saturated heterocycles. The molecular weight excluding hydrogens is 242 g/mol. The summed E-state index contributed by atoms with van der Waals surface area (Å²) in [4.78, 5) is 13.4. The van der Waals surface area contributed by atoms with Gasteiger partial charge in [-0.25, -0.2) is 0 Å². The number of para-hydroxylation sites is 1. The summed E-state index contributed by atoms with van der Waals surface area (Å²) in [5, 5.41) is 2.76. The van der Waals surface area contributed by atoms with Crippen molar-refractivity contribution < 1.29 is 9.53 Å². The van der Waals surface area contributed by atoms with E-state index in [1.165, 1.54) is 0 Å². The first-order valence-electron chi connectivity index (χ1n) is 6.59. The molecule has 0 aliphatic heterocycles. The van der Waals surface area contributed by atoms with E-state index < -0.39 is 0 Å². The Labute approximate surface area is 114 Å². The molecule has 0 atom stereocenters. The Morgan fingerprint density at radius 1 is 1.42 bits per heavy atom. The predicted octanol–water partition coefficient (Wildman–Crippen LogP) is 1.63. The highest BCUT2D eigenvalue weighted by atomic mass is 16.5. The third kappa shape index (κ3) is 4.35. The van der Waals surface area contributed by atoms with Gasteiger partial charge in [0.1, 0.15) is 5.75 Å². The van der Waals surface area contributed by atoms with Crippen molar-refractivity contribution in [1.82, 2.24) is 5.32 Å². The Hall–Kier alpha value is -1.91. The number of nitrogen functional groups attached to an aromatic ring is 1. The summed E-state index contributed by atoms with van der Waals surface area (Å²) < 4.78 is 5.58. The van der Waals surface area contributed by atoms with Gasteiger partial charge in [0.15, 0.2) is 0 Å². The van der Waals surface area contributed by atoms with Crippen molar-refractivity contribution in [2.24, 2.45) is 0 Å². The number of amides is 1. The van der Waals surface area contributed by atoms with E-state index in [1.807, 2.05) is 44.0 Å².